The molecule has 3 heteroatoms. The van der Waals surface area contributed by atoms with Crippen molar-refractivity contribution in [2.45, 2.75) is 41.5 Å². The van der Waals surface area contributed by atoms with Crippen LogP contribution < -0.4 is 21.3 Å². The topological polar surface area (TPSA) is 3.24 Å². The van der Waals surface area contributed by atoms with Crippen LogP contribution in [0.15, 0.2) is 60.0 Å². The van der Waals surface area contributed by atoms with Gasteiger partial charge >= 0.3 is 0 Å². The molecule has 178 valence electrons. The Bertz CT molecular complexity index is 1280. The Balaban J connectivity index is 2.04. The molecule has 3 aromatic carbocycles. The van der Waals surface area contributed by atoms with Gasteiger partial charge in [-0.25, -0.2) is 0 Å². The molecule has 0 aliphatic rings. The summed E-state index contributed by atoms with van der Waals surface area (Å²) in [5.41, 5.74) is 14.8. The van der Waals surface area contributed by atoms with Gasteiger partial charge in [-0.3, -0.25) is 0 Å². The summed E-state index contributed by atoms with van der Waals surface area (Å²) >= 11 is 1.78. The van der Waals surface area contributed by atoms with Crippen molar-refractivity contribution in [1.82, 2.24) is 0 Å². The van der Waals surface area contributed by atoms with E-state index >= 15 is 0 Å². The van der Waals surface area contributed by atoms with E-state index in [1.54, 1.807) is 11.3 Å². The number of thiophene rings is 1. The lowest BCUT2D eigenvalue weighted by atomic mass is 9.33. The third-order valence-electron chi connectivity index (χ3n) is 6.92. The highest BCUT2D eigenvalue weighted by Gasteiger charge is 2.30. The van der Waals surface area contributed by atoms with Gasteiger partial charge < -0.3 is 4.90 Å². The quantitative estimate of drug-likeness (QED) is 0.293. The van der Waals surface area contributed by atoms with Crippen molar-refractivity contribution in [2.24, 2.45) is 0 Å². The third-order valence-corrected chi connectivity index (χ3v) is 7.76. The molecule has 0 aliphatic carbocycles. The number of rotatable bonds is 6. The van der Waals surface area contributed by atoms with Gasteiger partial charge in [-0.15, -0.1) is 11.3 Å². The largest absolute Gasteiger partial charge is 0.378 e. The summed E-state index contributed by atoms with van der Waals surface area (Å²) in [5.74, 6) is 0. The van der Waals surface area contributed by atoms with Gasteiger partial charge in [-0.05, 0) is 76.8 Å². The number of anilines is 1. The first-order valence-electron chi connectivity index (χ1n) is 12.3. The lowest BCUT2D eigenvalue weighted by molar-refractivity contribution is 1.13. The second-order valence-electron chi connectivity index (χ2n) is 10.1. The average Bonchev–Trinajstić information content (AvgIpc) is 3.29. The van der Waals surface area contributed by atoms with Crippen LogP contribution in [0.4, 0.5) is 5.69 Å². The van der Waals surface area contributed by atoms with Crippen LogP contribution in [-0.4, -0.2) is 20.8 Å². The molecular weight excluding hydrogens is 441 g/mol. The zero-order valence-electron chi connectivity index (χ0n) is 22.4. The molecule has 0 atom stereocenters. The van der Waals surface area contributed by atoms with Crippen molar-refractivity contribution in [3.63, 3.8) is 0 Å². The summed E-state index contributed by atoms with van der Waals surface area (Å²) in [4.78, 5) is 3.46. The molecule has 1 nitrogen and oxygen atoms in total. The van der Waals surface area contributed by atoms with Crippen LogP contribution in [0.2, 0.25) is 0 Å². The first-order chi connectivity index (χ1) is 16.7. The van der Waals surface area contributed by atoms with Crippen LogP contribution in [-0.2, 0) is 0 Å². The number of aryl methyl sites for hydroxylation is 6. The van der Waals surface area contributed by atoms with Crippen LogP contribution in [0, 0.1) is 41.5 Å². The lowest BCUT2D eigenvalue weighted by Gasteiger charge is -2.26. The summed E-state index contributed by atoms with van der Waals surface area (Å²) in [6.45, 7) is 13.7. The molecule has 0 saturated carbocycles. The van der Waals surface area contributed by atoms with E-state index in [4.69, 9.17) is 0 Å². The molecule has 0 N–H and O–H groups in total. The maximum Gasteiger partial charge on any atom is 0.243 e. The molecular formula is C32H36BNS. The summed E-state index contributed by atoms with van der Waals surface area (Å²) in [7, 11) is 4.23. The van der Waals surface area contributed by atoms with Crippen molar-refractivity contribution in [1.29, 1.82) is 0 Å². The van der Waals surface area contributed by atoms with Crippen LogP contribution in [0.25, 0.3) is 12.2 Å². The van der Waals surface area contributed by atoms with Crippen LogP contribution in [0.1, 0.15) is 43.8 Å². The molecule has 0 fully saturated rings. The van der Waals surface area contributed by atoms with Crippen LogP contribution >= 0.6 is 11.3 Å². The second kappa shape index (κ2) is 10.3. The van der Waals surface area contributed by atoms with Gasteiger partial charge in [0.25, 0.3) is 0 Å². The Morgan fingerprint density at radius 2 is 1.23 bits per heavy atom. The standard InChI is InChI=1S/C32H36BNS/c1-21-16-23(3)31(24(4)17-21)33(32-25(5)18-22(2)19-26(32)6)30-14-12-28(34(7)8)20-27(30)11-13-29-10-9-15-35-29/h9-20H,1-8H3/b13-11+. The fourth-order valence-corrected chi connectivity index (χ4v) is 6.17. The Hall–Kier alpha value is -3.04. The van der Waals surface area contributed by atoms with E-state index in [9.17, 15) is 0 Å². The molecule has 1 aromatic heterocycles. The molecule has 0 amide bonds. The van der Waals surface area contributed by atoms with E-state index in [1.165, 1.54) is 65.9 Å². The molecule has 0 bridgehead atoms. The van der Waals surface area contributed by atoms with Gasteiger partial charge in [0, 0.05) is 24.7 Å². The smallest absolute Gasteiger partial charge is 0.243 e. The highest BCUT2D eigenvalue weighted by molar-refractivity contribution is 7.10. The van der Waals surface area contributed by atoms with E-state index in [0.717, 1.165) is 0 Å². The Morgan fingerprint density at radius 3 is 1.69 bits per heavy atom. The summed E-state index contributed by atoms with van der Waals surface area (Å²) in [6.07, 6.45) is 4.56. The van der Waals surface area contributed by atoms with E-state index < -0.39 is 0 Å². The van der Waals surface area contributed by atoms with E-state index in [1.807, 2.05) is 0 Å². The predicted molar refractivity (Wildman–Crippen MR) is 160 cm³/mol. The SMILES string of the molecule is Cc1cc(C)c(B(c2ccc(N(C)C)cc2/C=C/c2cccs2)c2c(C)cc(C)cc2C)c(C)c1. The van der Waals surface area contributed by atoms with Gasteiger partial charge in [0.05, 0.1) is 0 Å². The Morgan fingerprint density at radius 1 is 0.686 bits per heavy atom. The third kappa shape index (κ3) is 5.31. The first kappa shape index (κ1) is 25.1. The van der Waals surface area contributed by atoms with E-state index in [2.05, 4.69) is 133 Å². The van der Waals surface area contributed by atoms with Gasteiger partial charge in [-0.1, -0.05) is 92.2 Å². The minimum Gasteiger partial charge on any atom is -0.378 e. The summed E-state index contributed by atoms with van der Waals surface area (Å²) in [6, 6.07) is 20.6. The normalized spacial score (nSPS) is 11.3. The fraction of sp³-hybridized carbons (Fsp3) is 0.250. The minimum atomic E-state index is 0.162. The Kier molecular flexibility index (Phi) is 7.37. The highest BCUT2D eigenvalue weighted by atomic mass is 32.1. The van der Waals surface area contributed by atoms with Gasteiger partial charge in [0.2, 0.25) is 6.71 Å². The molecule has 0 aliphatic heterocycles. The highest BCUT2D eigenvalue weighted by Crippen LogP contribution is 2.20. The maximum atomic E-state index is 2.35. The molecule has 1 heterocycles. The maximum absolute atomic E-state index is 2.35. The van der Waals surface area contributed by atoms with Crippen LogP contribution in [0.5, 0.6) is 0 Å². The number of hydrogen-bond donors (Lipinski definition) is 0. The minimum absolute atomic E-state index is 0.162. The number of hydrogen-bond acceptors (Lipinski definition) is 2. The lowest BCUT2D eigenvalue weighted by Crippen LogP contribution is -2.56. The van der Waals surface area contributed by atoms with E-state index in [-0.39, 0.29) is 6.71 Å². The zero-order chi connectivity index (χ0) is 25.3. The fourth-order valence-electron chi connectivity index (χ4n) is 5.55. The van der Waals surface area contributed by atoms with Gasteiger partial charge in [0.15, 0.2) is 0 Å². The molecule has 4 rings (SSSR count). The molecule has 0 spiro atoms. The monoisotopic (exact) mass is 477 g/mol. The first-order valence-corrected chi connectivity index (χ1v) is 13.2. The molecule has 35 heavy (non-hydrogen) atoms. The van der Waals surface area contributed by atoms with E-state index in [0.29, 0.717) is 0 Å². The summed E-state index contributed by atoms with van der Waals surface area (Å²) < 4.78 is 0. The molecule has 0 radical (unpaired) electrons. The van der Waals surface area contributed by atoms with Crippen molar-refractivity contribution in [2.75, 3.05) is 19.0 Å². The van der Waals surface area contributed by atoms with Crippen LogP contribution in [0.3, 0.4) is 0 Å². The van der Waals surface area contributed by atoms with Gasteiger partial charge in [0.1, 0.15) is 0 Å². The van der Waals surface area contributed by atoms with Crippen molar-refractivity contribution in [3.8, 4) is 0 Å². The molecule has 0 unspecified atom stereocenters. The molecule has 4 aromatic rings. The van der Waals surface area contributed by atoms with Crippen molar-refractivity contribution < 1.29 is 0 Å². The zero-order valence-corrected chi connectivity index (χ0v) is 23.2. The average molecular weight is 478 g/mol. The number of nitrogens with zero attached hydrogens (tertiary/aromatic N) is 1. The van der Waals surface area contributed by atoms with Crippen molar-refractivity contribution in [3.05, 3.63) is 104 Å². The van der Waals surface area contributed by atoms with Crippen molar-refractivity contribution >= 4 is 52.3 Å². The predicted octanol–water partition coefficient (Wildman–Crippen LogP) is 6.35. The summed E-state index contributed by atoms with van der Waals surface area (Å²) in [5, 5.41) is 2.14. The Labute approximate surface area is 216 Å². The number of benzene rings is 3. The molecule has 0 saturated heterocycles. The van der Waals surface area contributed by atoms with Gasteiger partial charge in [-0.2, -0.15) is 0 Å². The second-order valence-corrected chi connectivity index (χ2v) is 11.1.